The Labute approximate surface area is 205 Å². The average molecular weight is 508 g/mol. The lowest BCUT2D eigenvalue weighted by atomic mass is 10.0. The molecule has 1 aromatic rings. The van der Waals surface area contributed by atoms with Gasteiger partial charge in [0.15, 0.2) is 0 Å². The highest BCUT2D eigenvalue weighted by Crippen LogP contribution is 2.12. The Kier molecular flexibility index (Phi) is 10.2. The maximum Gasteiger partial charge on any atom is 0.326 e. The van der Waals surface area contributed by atoms with Gasteiger partial charge in [-0.15, -0.1) is 0 Å². The smallest absolute Gasteiger partial charge is 0.326 e. The molecule has 1 saturated heterocycles. The van der Waals surface area contributed by atoms with Gasteiger partial charge in [0.1, 0.15) is 23.9 Å². The second kappa shape index (κ2) is 13.0. The van der Waals surface area contributed by atoms with Crippen molar-refractivity contribution >= 4 is 35.6 Å². The van der Waals surface area contributed by atoms with Crippen molar-refractivity contribution in [2.75, 3.05) is 6.54 Å². The number of aromatic hydroxyl groups is 1. The zero-order valence-electron chi connectivity index (χ0n) is 19.2. The fourth-order valence-electron chi connectivity index (χ4n) is 3.59. The number of phenols is 1. The summed E-state index contributed by atoms with van der Waals surface area (Å²) in [5, 5.41) is 37.7. The molecule has 0 aliphatic carbocycles. The van der Waals surface area contributed by atoms with Crippen molar-refractivity contribution in [2.24, 2.45) is 5.73 Å². The third-order valence-corrected chi connectivity index (χ3v) is 5.42. The Bertz CT molecular complexity index is 992. The summed E-state index contributed by atoms with van der Waals surface area (Å²) in [6, 6.07) is 0.305. The van der Waals surface area contributed by atoms with E-state index in [9.17, 15) is 44.1 Å². The minimum atomic E-state index is -1.71. The van der Waals surface area contributed by atoms with Crippen LogP contribution < -0.4 is 27.0 Å². The number of phenolic OH excluding ortho intramolecular Hbond substituents is 1. The van der Waals surface area contributed by atoms with Crippen molar-refractivity contribution in [1.82, 2.24) is 21.3 Å². The van der Waals surface area contributed by atoms with Crippen LogP contribution in [-0.4, -0.2) is 81.6 Å². The van der Waals surface area contributed by atoms with Gasteiger partial charge in [0.2, 0.25) is 23.6 Å². The minimum absolute atomic E-state index is 0.0415. The second-order valence-corrected chi connectivity index (χ2v) is 8.31. The number of hydrogen-bond acceptors (Lipinski definition) is 8. The summed E-state index contributed by atoms with van der Waals surface area (Å²) in [5.74, 6) is -6.54. The molecule has 0 saturated carbocycles. The van der Waals surface area contributed by atoms with E-state index in [0.717, 1.165) is 6.42 Å². The van der Waals surface area contributed by atoms with Gasteiger partial charge in [0, 0.05) is 6.42 Å². The van der Waals surface area contributed by atoms with Crippen molar-refractivity contribution in [3.63, 3.8) is 0 Å². The number of carboxylic acid groups (broad SMARTS) is 2. The van der Waals surface area contributed by atoms with Crippen molar-refractivity contribution in [3.8, 4) is 5.75 Å². The van der Waals surface area contributed by atoms with Crippen LogP contribution in [0.5, 0.6) is 5.75 Å². The van der Waals surface area contributed by atoms with E-state index in [1.165, 1.54) is 24.3 Å². The molecule has 14 nitrogen and oxygen atoms in total. The predicted octanol–water partition coefficient (Wildman–Crippen LogP) is -2.42. The van der Waals surface area contributed by atoms with Crippen molar-refractivity contribution in [1.29, 1.82) is 0 Å². The molecule has 0 bridgehead atoms. The van der Waals surface area contributed by atoms with Gasteiger partial charge in [-0.3, -0.25) is 24.0 Å². The molecule has 1 aliphatic heterocycles. The molecule has 1 aromatic carbocycles. The van der Waals surface area contributed by atoms with E-state index in [1.807, 2.05) is 0 Å². The first kappa shape index (κ1) is 28.0. The number of primary amides is 1. The molecule has 4 amide bonds. The van der Waals surface area contributed by atoms with E-state index in [-0.39, 0.29) is 12.2 Å². The van der Waals surface area contributed by atoms with Crippen molar-refractivity contribution in [3.05, 3.63) is 29.8 Å². The summed E-state index contributed by atoms with van der Waals surface area (Å²) >= 11 is 0. The molecule has 0 aromatic heterocycles. The summed E-state index contributed by atoms with van der Waals surface area (Å²) in [4.78, 5) is 72.4. The first-order valence-electron chi connectivity index (χ1n) is 11.1. The van der Waals surface area contributed by atoms with Crippen LogP contribution in [0.3, 0.4) is 0 Å². The van der Waals surface area contributed by atoms with Crippen LogP contribution in [0.1, 0.15) is 31.2 Å². The largest absolute Gasteiger partial charge is 0.508 e. The van der Waals surface area contributed by atoms with E-state index >= 15 is 0 Å². The number of rotatable bonds is 13. The normalized spacial score (nSPS) is 17.3. The molecule has 0 radical (unpaired) electrons. The first-order chi connectivity index (χ1) is 17.0. The number of amides is 4. The van der Waals surface area contributed by atoms with Gasteiger partial charge in [-0.2, -0.15) is 0 Å². The molecule has 0 spiro atoms. The maximum atomic E-state index is 12.8. The van der Waals surface area contributed by atoms with Gasteiger partial charge in [-0.25, -0.2) is 4.79 Å². The third-order valence-electron chi connectivity index (χ3n) is 5.42. The predicted molar refractivity (Wildman–Crippen MR) is 122 cm³/mol. The quantitative estimate of drug-likeness (QED) is 0.140. The van der Waals surface area contributed by atoms with Crippen molar-refractivity contribution in [2.45, 2.75) is 56.3 Å². The number of nitrogens with two attached hydrogens (primary N) is 1. The maximum absolute atomic E-state index is 12.8. The molecular weight excluding hydrogens is 478 g/mol. The summed E-state index contributed by atoms with van der Waals surface area (Å²) in [6.07, 6.45) is -0.447. The monoisotopic (exact) mass is 507 g/mol. The van der Waals surface area contributed by atoms with Crippen LogP contribution in [0, 0.1) is 0 Å². The first-order valence-corrected chi connectivity index (χ1v) is 11.1. The summed E-state index contributed by atoms with van der Waals surface area (Å²) < 4.78 is 0. The van der Waals surface area contributed by atoms with E-state index in [0.29, 0.717) is 18.5 Å². The van der Waals surface area contributed by atoms with Crippen molar-refractivity contribution < 1.29 is 44.1 Å². The highest BCUT2D eigenvalue weighted by molar-refractivity contribution is 5.97. The molecule has 2 rings (SSSR count). The molecule has 1 fully saturated rings. The molecular formula is C22H29N5O9. The number of carbonyl (C=O) groups is 6. The average Bonchev–Trinajstić information content (AvgIpc) is 3.33. The van der Waals surface area contributed by atoms with E-state index < -0.39 is 72.6 Å². The number of hydrogen-bond donors (Lipinski definition) is 8. The Hall–Kier alpha value is -4.20. The highest BCUT2D eigenvalue weighted by Gasteiger charge is 2.33. The lowest BCUT2D eigenvalue weighted by Crippen LogP contribution is -2.58. The van der Waals surface area contributed by atoms with Crippen LogP contribution in [-0.2, 0) is 35.2 Å². The van der Waals surface area contributed by atoms with Gasteiger partial charge in [-0.1, -0.05) is 12.1 Å². The van der Waals surface area contributed by atoms with E-state index in [4.69, 9.17) is 5.73 Å². The number of carboxylic acids is 2. The van der Waals surface area contributed by atoms with E-state index in [1.54, 1.807) is 0 Å². The number of nitrogens with one attached hydrogen (secondary N) is 4. The Morgan fingerprint density at radius 1 is 0.917 bits per heavy atom. The van der Waals surface area contributed by atoms with Crippen LogP contribution >= 0.6 is 0 Å². The van der Waals surface area contributed by atoms with E-state index in [2.05, 4.69) is 21.3 Å². The number of carbonyl (C=O) groups excluding carboxylic acids is 4. The van der Waals surface area contributed by atoms with Gasteiger partial charge < -0.3 is 42.3 Å². The Balaban J connectivity index is 2.13. The highest BCUT2D eigenvalue weighted by atomic mass is 16.4. The van der Waals surface area contributed by atoms with Crippen LogP contribution in [0.4, 0.5) is 0 Å². The fraction of sp³-hybridized carbons (Fsp3) is 0.455. The van der Waals surface area contributed by atoms with Gasteiger partial charge in [-0.05, 0) is 37.1 Å². The molecule has 196 valence electrons. The lowest BCUT2D eigenvalue weighted by Gasteiger charge is -2.24. The number of aliphatic carboxylic acids is 2. The summed E-state index contributed by atoms with van der Waals surface area (Å²) in [7, 11) is 0. The van der Waals surface area contributed by atoms with Crippen LogP contribution in [0.15, 0.2) is 24.3 Å². The number of benzene rings is 1. The van der Waals surface area contributed by atoms with Crippen LogP contribution in [0.25, 0.3) is 0 Å². The second-order valence-electron chi connectivity index (χ2n) is 8.31. The summed E-state index contributed by atoms with van der Waals surface area (Å²) in [5.41, 5.74) is 5.64. The van der Waals surface area contributed by atoms with Gasteiger partial charge >= 0.3 is 11.9 Å². The summed E-state index contributed by atoms with van der Waals surface area (Å²) in [6.45, 7) is 0.598. The van der Waals surface area contributed by atoms with Gasteiger partial charge in [0.25, 0.3) is 0 Å². The standard InChI is InChI=1S/C22H29N5O9/c23-17(29)9-14(25-19(32)13-2-1-7-24-13)20(33)26-15(10-18(30)31)21(34)27-16(22(35)36)8-11-3-5-12(28)6-4-11/h3-6,13-16,24,28H,1-2,7-10H2,(H2,23,29)(H,25,32)(H,26,33)(H,27,34)(H,30,31)(H,35,36). The topological polar surface area (TPSA) is 237 Å². The molecule has 1 heterocycles. The van der Waals surface area contributed by atoms with Crippen LogP contribution in [0.2, 0.25) is 0 Å². The SMILES string of the molecule is NC(=O)CC(NC(=O)C1CCCN1)C(=O)NC(CC(=O)O)C(=O)NC(Cc1ccc(O)cc1)C(=O)O. The lowest BCUT2D eigenvalue weighted by molar-refractivity contribution is -0.143. The Morgan fingerprint density at radius 3 is 2.00 bits per heavy atom. The molecule has 4 atom stereocenters. The van der Waals surface area contributed by atoms with Gasteiger partial charge in [0.05, 0.1) is 18.9 Å². The zero-order chi connectivity index (χ0) is 26.8. The zero-order valence-corrected chi connectivity index (χ0v) is 19.2. The molecule has 9 N–H and O–H groups in total. The molecule has 4 unspecified atom stereocenters. The fourth-order valence-corrected chi connectivity index (χ4v) is 3.59. The Morgan fingerprint density at radius 2 is 1.50 bits per heavy atom. The third kappa shape index (κ3) is 8.87. The molecule has 36 heavy (non-hydrogen) atoms. The molecule has 1 aliphatic rings. The molecule has 14 heteroatoms. The minimum Gasteiger partial charge on any atom is -0.508 e.